The molecular weight excluding hydrogens is 333 g/mol. The summed E-state index contributed by atoms with van der Waals surface area (Å²) in [5, 5.41) is 1.89. The van der Waals surface area contributed by atoms with E-state index in [0.29, 0.717) is 19.0 Å². The molecule has 0 radical (unpaired) electrons. The highest BCUT2D eigenvalue weighted by atomic mass is 127. The molecular formula is C9H11ClINOS. The molecule has 1 rings (SSSR count). The molecule has 0 atom stereocenters. The number of halogens is 2. The van der Waals surface area contributed by atoms with Crippen LogP contribution in [0.25, 0.3) is 0 Å². The molecule has 14 heavy (non-hydrogen) atoms. The largest absolute Gasteiger partial charge is 0.338 e. The molecule has 0 spiro atoms. The van der Waals surface area contributed by atoms with Gasteiger partial charge in [-0.15, -0.1) is 22.9 Å². The summed E-state index contributed by atoms with van der Waals surface area (Å²) >= 11 is 9.42. The Kier molecular flexibility index (Phi) is 5.19. The third-order valence-corrected chi connectivity index (χ3v) is 3.80. The van der Waals surface area contributed by atoms with Crippen LogP contribution in [-0.4, -0.2) is 29.8 Å². The quantitative estimate of drug-likeness (QED) is 0.608. The lowest BCUT2D eigenvalue weighted by Gasteiger charge is -2.18. The normalized spacial score (nSPS) is 10.2. The van der Waals surface area contributed by atoms with Gasteiger partial charge >= 0.3 is 0 Å². The maximum absolute atomic E-state index is 11.8. The van der Waals surface area contributed by atoms with Crippen molar-refractivity contribution in [2.45, 2.75) is 6.92 Å². The van der Waals surface area contributed by atoms with Crippen LogP contribution in [0.5, 0.6) is 0 Å². The standard InChI is InChI=1S/C9H11ClINOS/c1-2-12(4-3-10)9(13)7-5-8(11)14-6-7/h5-6H,2-4H2,1H3. The second-order valence-corrected chi connectivity index (χ2v) is 5.90. The summed E-state index contributed by atoms with van der Waals surface area (Å²) in [7, 11) is 0. The average molecular weight is 344 g/mol. The van der Waals surface area contributed by atoms with Crippen LogP contribution in [0, 0.1) is 2.88 Å². The van der Waals surface area contributed by atoms with Crippen molar-refractivity contribution >= 4 is 51.4 Å². The fraction of sp³-hybridized carbons (Fsp3) is 0.444. The molecule has 2 nitrogen and oxygen atoms in total. The highest BCUT2D eigenvalue weighted by molar-refractivity contribution is 14.1. The van der Waals surface area contributed by atoms with Crippen LogP contribution < -0.4 is 0 Å². The zero-order valence-corrected chi connectivity index (χ0v) is 11.5. The highest BCUT2D eigenvalue weighted by Gasteiger charge is 2.14. The van der Waals surface area contributed by atoms with Crippen LogP contribution in [0.3, 0.4) is 0 Å². The van der Waals surface area contributed by atoms with Crippen molar-refractivity contribution in [3.05, 3.63) is 19.9 Å². The van der Waals surface area contributed by atoms with Gasteiger partial charge in [-0.05, 0) is 35.6 Å². The van der Waals surface area contributed by atoms with E-state index in [1.165, 1.54) is 0 Å². The van der Waals surface area contributed by atoms with Crippen LogP contribution in [0.15, 0.2) is 11.4 Å². The molecule has 0 aliphatic heterocycles. The van der Waals surface area contributed by atoms with E-state index in [1.807, 2.05) is 18.4 Å². The Balaban J connectivity index is 2.72. The molecule has 1 amide bonds. The second-order valence-electron chi connectivity index (χ2n) is 2.71. The molecule has 0 fully saturated rings. The minimum atomic E-state index is 0.0762. The van der Waals surface area contributed by atoms with Gasteiger partial charge in [0.15, 0.2) is 0 Å². The van der Waals surface area contributed by atoms with E-state index in [1.54, 1.807) is 16.2 Å². The highest BCUT2D eigenvalue weighted by Crippen LogP contribution is 2.18. The van der Waals surface area contributed by atoms with Crippen molar-refractivity contribution < 1.29 is 4.79 Å². The van der Waals surface area contributed by atoms with Gasteiger partial charge in [-0.2, -0.15) is 0 Å². The third kappa shape index (κ3) is 3.10. The zero-order valence-electron chi connectivity index (χ0n) is 7.80. The van der Waals surface area contributed by atoms with Gasteiger partial charge < -0.3 is 4.90 Å². The van der Waals surface area contributed by atoms with Gasteiger partial charge in [-0.25, -0.2) is 0 Å². The minimum Gasteiger partial charge on any atom is -0.338 e. The smallest absolute Gasteiger partial charge is 0.254 e. The summed E-state index contributed by atoms with van der Waals surface area (Å²) in [6.07, 6.45) is 0. The van der Waals surface area contributed by atoms with E-state index in [4.69, 9.17) is 11.6 Å². The van der Waals surface area contributed by atoms with Crippen molar-refractivity contribution in [3.63, 3.8) is 0 Å². The van der Waals surface area contributed by atoms with Gasteiger partial charge in [0.05, 0.1) is 8.45 Å². The Hall–Kier alpha value is 0.190. The number of hydrogen-bond acceptors (Lipinski definition) is 2. The van der Waals surface area contributed by atoms with Crippen LogP contribution >= 0.6 is 45.5 Å². The molecule has 1 heterocycles. The molecule has 78 valence electrons. The minimum absolute atomic E-state index is 0.0762. The van der Waals surface area contributed by atoms with Crippen molar-refractivity contribution in [1.29, 1.82) is 0 Å². The zero-order chi connectivity index (χ0) is 10.6. The summed E-state index contributed by atoms with van der Waals surface area (Å²) in [6.45, 7) is 3.28. The second kappa shape index (κ2) is 5.92. The lowest BCUT2D eigenvalue weighted by Crippen LogP contribution is -2.32. The third-order valence-electron chi connectivity index (χ3n) is 1.84. The maximum atomic E-state index is 11.8. The van der Waals surface area contributed by atoms with Gasteiger partial charge in [-0.3, -0.25) is 4.79 Å². The van der Waals surface area contributed by atoms with E-state index >= 15 is 0 Å². The van der Waals surface area contributed by atoms with Crippen LogP contribution in [0.2, 0.25) is 0 Å². The van der Waals surface area contributed by atoms with Crippen LogP contribution in [0.1, 0.15) is 17.3 Å². The molecule has 1 aromatic heterocycles. The molecule has 0 unspecified atom stereocenters. The van der Waals surface area contributed by atoms with Gasteiger partial charge in [0, 0.05) is 24.3 Å². The van der Waals surface area contributed by atoms with E-state index in [2.05, 4.69) is 22.6 Å². The number of carbonyl (C=O) groups is 1. The van der Waals surface area contributed by atoms with Crippen LogP contribution in [0.4, 0.5) is 0 Å². The predicted molar refractivity (Wildman–Crippen MR) is 69.3 cm³/mol. The van der Waals surface area contributed by atoms with Crippen molar-refractivity contribution in [1.82, 2.24) is 4.90 Å². The molecule has 0 aliphatic rings. The van der Waals surface area contributed by atoms with Gasteiger partial charge in [0.1, 0.15) is 0 Å². The summed E-state index contributed by atoms with van der Waals surface area (Å²) < 4.78 is 1.13. The van der Waals surface area contributed by atoms with Gasteiger partial charge in [-0.1, -0.05) is 0 Å². The topological polar surface area (TPSA) is 20.3 Å². The number of thiophene rings is 1. The van der Waals surface area contributed by atoms with Gasteiger partial charge in [0.25, 0.3) is 5.91 Å². The maximum Gasteiger partial charge on any atom is 0.254 e. The van der Waals surface area contributed by atoms with E-state index in [9.17, 15) is 4.79 Å². The first-order valence-electron chi connectivity index (χ1n) is 4.28. The molecule has 0 N–H and O–H groups in total. The lowest BCUT2D eigenvalue weighted by molar-refractivity contribution is 0.0774. The SMILES string of the molecule is CCN(CCCl)C(=O)c1csc(I)c1. The van der Waals surface area contributed by atoms with Crippen LogP contribution in [-0.2, 0) is 0 Å². The molecule has 1 aromatic rings. The number of alkyl halides is 1. The number of carbonyl (C=O) groups excluding carboxylic acids is 1. The number of hydrogen-bond donors (Lipinski definition) is 0. The first-order chi connectivity index (χ1) is 6.69. The predicted octanol–water partition coefficient (Wildman–Crippen LogP) is 3.05. The summed E-state index contributed by atoms with van der Waals surface area (Å²) in [5.41, 5.74) is 0.770. The fourth-order valence-electron chi connectivity index (χ4n) is 1.11. The Morgan fingerprint density at radius 2 is 2.43 bits per heavy atom. The van der Waals surface area contributed by atoms with E-state index in [-0.39, 0.29) is 5.91 Å². The Bertz CT molecular complexity index is 316. The number of amides is 1. The summed E-state index contributed by atoms with van der Waals surface area (Å²) in [6, 6.07) is 1.91. The average Bonchev–Trinajstić information content (AvgIpc) is 2.60. The fourth-order valence-corrected chi connectivity index (χ4v) is 2.63. The summed E-state index contributed by atoms with van der Waals surface area (Å²) in [5.74, 6) is 0.563. The van der Waals surface area contributed by atoms with Crippen molar-refractivity contribution in [2.75, 3.05) is 19.0 Å². The Morgan fingerprint density at radius 1 is 1.71 bits per heavy atom. The Labute approximate surface area is 106 Å². The molecule has 0 aromatic carbocycles. The Morgan fingerprint density at radius 3 is 2.86 bits per heavy atom. The molecule has 5 heteroatoms. The van der Waals surface area contributed by atoms with Crippen molar-refractivity contribution in [2.24, 2.45) is 0 Å². The lowest BCUT2D eigenvalue weighted by atomic mass is 10.3. The van der Waals surface area contributed by atoms with Gasteiger partial charge in [0.2, 0.25) is 0 Å². The monoisotopic (exact) mass is 343 g/mol. The number of nitrogens with zero attached hydrogens (tertiary/aromatic N) is 1. The first-order valence-corrected chi connectivity index (χ1v) is 6.77. The molecule has 0 saturated heterocycles. The van der Waals surface area contributed by atoms with E-state index in [0.717, 1.165) is 8.45 Å². The van der Waals surface area contributed by atoms with Crippen molar-refractivity contribution in [3.8, 4) is 0 Å². The molecule has 0 saturated carbocycles. The number of rotatable bonds is 4. The summed E-state index contributed by atoms with van der Waals surface area (Å²) in [4.78, 5) is 13.6. The molecule has 0 bridgehead atoms. The van der Waals surface area contributed by atoms with E-state index < -0.39 is 0 Å². The first kappa shape index (κ1) is 12.3. The molecule has 0 aliphatic carbocycles.